The average Bonchev–Trinajstić information content (AvgIpc) is 1.59. The minimum absolute atomic E-state index is 0. The Morgan fingerprint density at radius 1 is 1.40 bits per heavy atom. The van der Waals surface area contributed by atoms with E-state index >= 15 is 0 Å². The summed E-state index contributed by atoms with van der Waals surface area (Å²) in [5.74, 6) is 0.0884. The molecule has 0 fully saturated rings. The Kier molecular flexibility index (Phi) is 13.9. The standard InChI is InChI=1S/C2H6ClO4P.2ClH/c3-1-2-7-8(4,5)6;;/h1-2H2,(H2,4,5,6);2*1H. The fourth-order valence-corrected chi connectivity index (χ4v) is 0.667. The molecule has 0 aromatic heterocycles. The molecule has 0 saturated heterocycles. The van der Waals surface area contributed by atoms with Gasteiger partial charge in [-0.1, -0.05) is 0 Å². The molecule has 66 valence electrons. The van der Waals surface area contributed by atoms with Crippen molar-refractivity contribution in [2.24, 2.45) is 0 Å². The average molecular weight is 233 g/mol. The molecule has 0 spiro atoms. The number of rotatable bonds is 3. The van der Waals surface area contributed by atoms with Gasteiger partial charge in [-0.25, -0.2) is 4.57 Å². The van der Waals surface area contributed by atoms with Crippen molar-refractivity contribution in [3.63, 3.8) is 0 Å². The zero-order valence-electron chi connectivity index (χ0n) is 4.77. The van der Waals surface area contributed by atoms with Gasteiger partial charge in [0.2, 0.25) is 0 Å². The van der Waals surface area contributed by atoms with Crippen LogP contribution >= 0.6 is 44.2 Å². The van der Waals surface area contributed by atoms with E-state index in [0.717, 1.165) is 0 Å². The maximum atomic E-state index is 9.80. The highest BCUT2D eigenvalue weighted by molar-refractivity contribution is 7.46. The summed E-state index contributed by atoms with van der Waals surface area (Å²) in [6.45, 7) is -0.119. The summed E-state index contributed by atoms with van der Waals surface area (Å²) in [7, 11) is -4.27. The topological polar surface area (TPSA) is 66.8 Å². The molecule has 0 rings (SSSR count). The fraction of sp³-hybridized carbons (Fsp3) is 1.00. The van der Waals surface area contributed by atoms with Gasteiger partial charge in [0.25, 0.3) is 0 Å². The molecule has 2 N–H and O–H groups in total. The molecule has 10 heavy (non-hydrogen) atoms. The first-order valence-corrected chi connectivity index (χ1v) is 3.89. The summed E-state index contributed by atoms with van der Waals surface area (Å²) in [6.07, 6.45) is 0. The summed E-state index contributed by atoms with van der Waals surface area (Å²) >= 11 is 5.04. The molecule has 0 radical (unpaired) electrons. The molecule has 0 aromatic carbocycles. The zero-order valence-corrected chi connectivity index (χ0v) is 8.05. The Morgan fingerprint density at radius 2 is 1.80 bits per heavy atom. The third-order valence-electron chi connectivity index (χ3n) is 0.337. The van der Waals surface area contributed by atoms with Crippen molar-refractivity contribution in [1.82, 2.24) is 0 Å². The van der Waals surface area contributed by atoms with Crippen LogP contribution in [0.2, 0.25) is 0 Å². The van der Waals surface area contributed by atoms with Crippen LogP contribution in [-0.2, 0) is 9.09 Å². The zero-order chi connectivity index (χ0) is 6.62. The van der Waals surface area contributed by atoms with Gasteiger partial charge in [-0.3, -0.25) is 4.52 Å². The first-order valence-electron chi connectivity index (χ1n) is 1.82. The van der Waals surface area contributed by atoms with Gasteiger partial charge in [0.15, 0.2) is 0 Å². The molecule has 0 atom stereocenters. The van der Waals surface area contributed by atoms with E-state index in [1.54, 1.807) is 0 Å². The summed E-state index contributed by atoms with van der Waals surface area (Å²) in [6, 6.07) is 0. The molecule has 0 saturated carbocycles. The third kappa shape index (κ3) is 16.0. The van der Waals surface area contributed by atoms with Crippen LogP contribution in [0.5, 0.6) is 0 Å². The Hall–Kier alpha value is 0.980. The number of hydrogen-bond acceptors (Lipinski definition) is 2. The molecule has 0 aliphatic carbocycles. The van der Waals surface area contributed by atoms with Crippen LogP contribution < -0.4 is 0 Å². The van der Waals surface area contributed by atoms with E-state index in [4.69, 9.17) is 21.4 Å². The van der Waals surface area contributed by atoms with Gasteiger partial charge in [-0.15, -0.1) is 36.4 Å². The van der Waals surface area contributed by atoms with Crippen LogP contribution in [-0.4, -0.2) is 22.3 Å². The molecule has 0 unspecified atom stereocenters. The fourth-order valence-electron chi connectivity index (χ4n) is 0.153. The predicted molar refractivity (Wildman–Crippen MR) is 43.2 cm³/mol. The van der Waals surface area contributed by atoms with E-state index in [0.29, 0.717) is 0 Å². The molecule has 0 aliphatic rings. The number of halogens is 3. The number of hydrogen-bond donors (Lipinski definition) is 2. The lowest BCUT2D eigenvalue weighted by molar-refractivity contribution is 0.207. The van der Waals surface area contributed by atoms with Gasteiger partial charge in [-0.2, -0.15) is 0 Å². The normalized spacial score (nSPS) is 9.50. The first kappa shape index (κ1) is 17.2. The molecule has 0 amide bonds. The minimum Gasteiger partial charge on any atom is -0.303 e. The summed E-state index contributed by atoms with van der Waals surface area (Å²) in [5, 5.41) is 0. The second kappa shape index (κ2) is 8.08. The largest absolute Gasteiger partial charge is 0.469 e. The lowest BCUT2D eigenvalue weighted by Crippen LogP contribution is -1.91. The van der Waals surface area contributed by atoms with Crippen molar-refractivity contribution in [2.75, 3.05) is 12.5 Å². The minimum atomic E-state index is -4.27. The molecular formula is C2H8Cl3O4P. The molecule has 0 bridgehead atoms. The van der Waals surface area contributed by atoms with E-state index in [1.807, 2.05) is 0 Å². The Morgan fingerprint density at radius 3 is 1.90 bits per heavy atom. The van der Waals surface area contributed by atoms with Crippen molar-refractivity contribution in [3.05, 3.63) is 0 Å². The summed E-state index contributed by atoms with van der Waals surface area (Å²) < 4.78 is 13.7. The van der Waals surface area contributed by atoms with E-state index in [2.05, 4.69) is 4.52 Å². The van der Waals surface area contributed by atoms with Crippen LogP contribution in [0.1, 0.15) is 0 Å². The van der Waals surface area contributed by atoms with Crippen LogP contribution in [0.25, 0.3) is 0 Å². The lowest BCUT2D eigenvalue weighted by atomic mass is 10.9. The monoisotopic (exact) mass is 232 g/mol. The van der Waals surface area contributed by atoms with Crippen molar-refractivity contribution < 1.29 is 18.9 Å². The summed E-state index contributed by atoms with van der Waals surface area (Å²) in [4.78, 5) is 16.0. The molecule has 0 heterocycles. The van der Waals surface area contributed by atoms with Crippen molar-refractivity contribution in [3.8, 4) is 0 Å². The third-order valence-corrected chi connectivity index (χ3v) is 1.01. The Labute approximate surface area is 76.0 Å². The van der Waals surface area contributed by atoms with E-state index in [1.165, 1.54) is 0 Å². The van der Waals surface area contributed by atoms with Crippen molar-refractivity contribution in [1.29, 1.82) is 0 Å². The van der Waals surface area contributed by atoms with Crippen LogP contribution in [0.3, 0.4) is 0 Å². The van der Waals surface area contributed by atoms with Gasteiger partial charge in [0, 0.05) is 5.88 Å². The molecular weight excluding hydrogens is 225 g/mol. The maximum absolute atomic E-state index is 9.80. The summed E-state index contributed by atoms with van der Waals surface area (Å²) in [5.41, 5.74) is 0. The predicted octanol–water partition coefficient (Wildman–Crippen LogP) is 1.18. The second-order valence-electron chi connectivity index (χ2n) is 1.01. The SMILES string of the molecule is Cl.Cl.O=P(O)(O)OCCCl. The molecule has 0 aliphatic heterocycles. The number of phosphoric acid groups is 1. The number of alkyl halides is 1. The molecule has 4 nitrogen and oxygen atoms in total. The highest BCUT2D eigenvalue weighted by Gasteiger charge is 2.11. The van der Waals surface area contributed by atoms with E-state index in [9.17, 15) is 4.57 Å². The van der Waals surface area contributed by atoms with Crippen molar-refractivity contribution in [2.45, 2.75) is 0 Å². The van der Waals surface area contributed by atoms with E-state index in [-0.39, 0.29) is 37.3 Å². The van der Waals surface area contributed by atoms with Crippen molar-refractivity contribution >= 4 is 44.2 Å². The van der Waals surface area contributed by atoms with Gasteiger partial charge in [0.1, 0.15) is 0 Å². The lowest BCUT2D eigenvalue weighted by Gasteiger charge is -1.99. The van der Waals surface area contributed by atoms with Gasteiger partial charge >= 0.3 is 7.82 Å². The van der Waals surface area contributed by atoms with Crippen LogP contribution in [0.4, 0.5) is 0 Å². The van der Waals surface area contributed by atoms with Gasteiger partial charge in [-0.05, 0) is 0 Å². The smallest absolute Gasteiger partial charge is 0.303 e. The Bertz CT molecular complexity index is 103. The number of phosphoric ester groups is 1. The van der Waals surface area contributed by atoms with Crippen LogP contribution in [0.15, 0.2) is 0 Å². The van der Waals surface area contributed by atoms with E-state index < -0.39 is 7.82 Å². The highest BCUT2D eigenvalue weighted by atomic mass is 35.5. The maximum Gasteiger partial charge on any atom is 0.469 e. The molecule has 8 heteroatoms. The highest BCUT2D eigenvalue weighted by Crippen LogP contribution is 2.35. The second-order valence-corrected chi connectivity index (χ2v) is 2.63. The quantitative estimate of drug-likeness (QED) is 0.567. The van der Waals surface area contributed by atoms with Crippen LogP contribution in [0, 0.1) is 0 Å². The van der Waals surface area contributed by atoms with Gasteiger partial charge < -0.3 is 9.79 Å². The Balaban J connectivity index is -0.000000245. The molecule has 0 aromatic rings. The first-order chi connectivity index (χ1) is 3.56. The van der Waals surface area contributed by atoms with Gasteiger partial charge in [0.05, 0.1) is 6.61 Å².